The number of rotatable bonds is 5. The van der Waals surface area contributed by atoms with E-state index in [1.54, 1.807) is 10.5 Å². The Morgan fingerprint density at radius 2 is 1.90 bits per heavy atom. The van der Waals surface area contributed by atoms with Crippen molar-refractivity contribution in [2.45, 2.75) is 44.9 Å². The smallest absolute Gasteiger partial charge is 0.423 e. The SMILES string of the molecule is CC1(C)OB(O)c2cc(CNC(=O)c3ccc(C4=NO[C@@](C)(c5cc(Cl)c(F)c(Cl)c5)C4)c4cccn34)ccc21. The van der Waals surface area contributed by atoms with Crippen LogP contribution in [0.2, 0.25) is 10.0 Å². The predicted molar refractivity (Wildman–Crippen MR) is 153 cm³/mol. The van der Waals surface area contributed by atoms with Crippen LogP contribution in [0.4, 0.5) is 4.39 Å². The number of aromatic nitrogens is 1. The summed E-state index contributed by atoms with van der Waals surface area (Å²) >= 11 is 12.0. The molecule has 7 nitrogen and oxygen atoms in total. The molecule has 2 N–H and O–H groups in total. The van der Waals surface area contributed by atoms with Crippen molar-refractivity contribution >= 4 is 52.9 Å². The van der Waals surface area contributed by atoms with Crippen molar-refractivity contribution in [2.24, 2.45) is 5.16 Å². The lowest BCUT2D eigenvalue weighted by Gasteiger charge is -2.22. The molecule has 2 aromatic carbocycles. The fraction of sp³-hybridized carbons (Fsp3) is 0.241. The normalized spacial score (nSPS) is 19.5. The molecule has 11 heteroatoms. The average Bonchev–Trinajstić information content (AvgIpc) is 3.62. The quantitative estimate of drug-likeness (QED) is 0.248. The van der Waals surface area contributed by atoms with Crippen molar-refractivity contribution in [1.82, 2.24) is 9.72 Å². The Kier molecular flexibility index (Phi) is 6.46. The fourth-order valence-electron chi connectivity index (χ4n) is 5.42. The van der Waals surface area contributed by atoms with Crippen LogP contribution in [0.3, 0.4) is 0 Å². The summed E-state index contributed by atoms with van der Waals surface area (Å²) in [6, 6.07) is 16.0. The standard InChI is InChI=1S/C29H25BCl2FN3O4/c1-28(2)19-8-6-16(11-20(19)30(38)39-28)15-34-27(37)25-9-7-18(24-5-4-10-36(24)25)23-14-29(3,40-35-23)17-12-21(31)26(33)22(32)13-17/h4-13,38H,14-15H2,1-3H3,(H,34,37)/t29-/m1/s1. The van der Waals surface area contributed by atoms with Gasteiger partial charge in [-0.05, 0) is 73.8 Å². The molecule has 6 rings (SSSR count). The molecule has 0 fully saturated rings. The van der Waals surface area contributed by atoms with Gasteiger partial charge in [0.2, 0.25) is 0 Å². The molecule has 0 radical (unpaired) electrons. The Bertz CT molecular complexity index is 1700. The number of carbonyl (C=O) groups excluding carboxylic acids is 1. The topological polar surface area (TPSA) is 84.6 Å². The average molecular weight is 580 g/mol. The lowest BCUT2D eigenvalue weighted by molar-refractivity contribution is -0.00742. The van der Waals surface area contributed by atoms with Crippen molar-refractivity contribution in [3.63, 3.8) is 0 Å². The summed E-state index contributed by atoms with van der Waals surface area (Å²) < 4.78 is 21.4. The minimum atomic E-state index is -0.992. The first kappa shape index (κ1) is 26.8. The number of nitrogens with one attached hydrogen (secondary N) is 1. The number of nitrogens with zero attached hydrogens (tertiary/aromatic N) is 2. The van der Waals surface area contributed by atoms with E-state index in [0.717, 1.165) is 22.2 Å². The highest BCUT2D eigenvalue weighted by Crippen LogP contribution is 2.40. The number of halogens is 3. The van der Waals surface area contributed by atoms with Crippen molar-refractivity contribution < 1.29 is 23.7 Å². The maximum atomic E-state index is 14.0. The van der Waals surface area contributed by atoms with Gasteiger partial charge in [-0.3, -0.25) is 4.79 Å². The second-order valence-electron chi connectivity index (χ2n) is 10.8. The Labute approximate surface area is 240 Å². The zero-order chi connectivity index (χ0) is 28.4. The van der Waals surface area contributed by atoms with E-state index in [-0.39, 0.29) is 22.5 Å². The van der Waals surface area contributed by atoms with Crippen molar-refractivity contribution in [1.29, 1.82) is 0 Å². The van der Waals surface area contributed by atoms with Crippen LogP contribution in [0, 0.1) is 5.82 Å². The lowest BCUT2D eigenvalue weighted by Crippen LogP contribution is -2.30. The molecule has 0 saturated carbocycles. The number of hydrogen-bond donors (Lipinski definition) is 2. The minimum Gasteiger partial charge on any atom is -0.423 e. The minimum absolute atomic E-state index is 0.0849. The highest BCUT2D eigenvalue weighted by atomic mass is 35.5. The molecular weight excluding hydrogens is 555 g/mol. The number of pyridine rings is 1. The zero-order valence-corrected chi connectivity index (χ0v) is 23.5. The van der Waals surface area contributed by atoms with E-state index in [1.165, 1.54) is 12.1 Å². The molecule has 0 saturated heterocycles. The number of carbonyl (C=O) groups is 1. The zero-order valence-electron chi connectivity index (χ0n) is 22.0. The van der Waals surface area contributed by atoms with Gasteiger partial charge in [0.25, 0.3) is 5.91 Å². The van der Waals surface area contributed by atoms with Gasteiger partial charge in [-0.25, -0.2) is 4.39 Å². The third kappa shape index (κ3) is 4.47. The van der Waals surface area contributed by atoms with E-state index in [9.17, 15) is 14.2 Å². The maximum absolute atomic E-state index is 14.0. The van der Waals surface area contributed by atoms with Gasteiger partial charge in [0.1, 0.15) is 5.69 Å². The number of oxime groups is 1. The van der Waals surface area contributed by atoms with E-state index < -0.39 is 24.1 Å². The van der Waals surface area contributed by atoms with E-state index in [0.29, 0.717) is 28.9 Å². The molecule has 2 aromatic heterocycles. The predicted octanol–water partition coefficient (Wildman–Crippen LogP) is 5.31. The molecular formula is C29H25BCl2FN3O4. The van der Waals surface area contributed by atoms with Gasteiger partial charge in [0.15, 0.2) is 11.4 Å². The van der Waals surface area contributed by atoms with Crippen LogP contribution < -0.4 is 10.8 Å². The fourth-order valence-corrected chi connectivity index (χ4v) is 5.91. The summed E-state index contributed by atoms with van der Waals surface area (Å²) in [7, 11) is -0.992. The molecule has 1 atom stereocenters. The summed E-state index contributed by atoms with van der Waals surface area (Å²) in [6.07, 6.45) is 2.20. The first-order valence-electron chi connectivity index (χ1n) is 12.7. The highest BCUT2D eigenvalue weighted by molar-refractivity contribution is 6.62. The van der Waals surface area contributed by atoms with Gasteiger partial charge >= 0.3 is 7.12 Å². The van der Waals surface area contributed by atoms with Gasteiger partial charge in [0, 0.05) is 30.3 Å². The molecule has 2 aliphatic rings. The second-order valence-corrected chi connectivity index (χ2v) is 11.6. The van der Waals surface area contributed by atoms with Crippen molar-refractivity contribution in [3.8, 4) is 0 Å². The van der Waals surface area contributed by atoms with E-state index >= 15 is 0 Å². The number of benzene rings is 2. The Morgan fingerprint density at radius 3 is 2.65 bits per heavy atom. The van der Waals surface area contributed by atoms with E-state index in [2.05, 4.69) is 10.5 Å². The molecule has 4 heterocycles. The Hall–Kier alpha value is -3.37. The van der Waals surface area contributed by atoms with Crippen LogP contribution in [0.15, 0.2) is 65.9 Å². The van der Waals surface area contributed by atoms with Crippen LogP contribution in [0.25, 0.3) is 5.52 Å². The van der Waals surface area contributed by atoms with E-state index in [1.807, 2.05) is 63.4 Å². The molecule has 0 spiro atoms. The van der Waals surface area contributed by atoms with Gasteiger partial charge in [-0.1, -0.05) is 46.6 Å². The molecule has 4 aromatic rings. The second kappa shape index (κ2) is 9.63. The summed E-state index contributed by atoms with van der Waals surface area (Å²) in [5.74, 6) is -0.930. The summed E-state index contributed by atoms with van der Waals surface area (Å²) in [5.41, 5.74) is 4.37. The lowest BCUT2D eigenvalue weighted by atomic mass is 9.77. The van der Waals surface area contributed by atoms with Crippen LogP contribution in [-0.2, 0) is 27.2 Å². The third-order valence-electron chi connectivity index (χ3n) is 7.58. The van der Waals surface area contributed by atoms with Gasteiger partial charge in [-0.2, -0.15) is 0 Å². The first-order chi connectivity index (χ1) is 19.0. The molecule has 0 unspecified atom stereocenters. The largest absolute Gasteiger partial charge is 0.492 e. The number of amides is 1. The van der Waals surface area contributed by atoms with Crippen LogP contribution in [0.5, 0.6) is 0 Å². The monoisotopic (exact) mass is 579 g/mol. The molecule has 1 amide bonds. The molecule has 204 valence electrons. The first-order valence-corrected chi connectivity index (χ1v) is 13.5. The summed E-state index contributed by atoms with van der Waals surface area (Å²) in [5, 5.41) is 17.4. The van der Waals surface area contributed by atoms with E-state index in [4.69, 9.17) is 32.7 Å². The number of fused-ring (bicyclic) bond motifs is 2. The molecule has 40 heavy (non-hydrogen) atoms. The molecule has 0 aliphatic carbocycles. The van der Waals surface area contributed by atoms with Gasteiger partial charge < -0.3 is 24.2 Å². The summed E-state index contributed by atoms with van der Waals surface area (Å²) in [4.78, 5) is 19.0. The van der Waals surface area contributed by atoms with Crippen LogP contribution in [0.1, 0.15) is 59.9 Å². The number of hydrogen-bond acceptors (Lipinski definition) is 5. The maximum Gasteiger partial charge on any atom is 0.492 e. The van der Waals surface area contributed by atoms with Crippen molar-refractivity contribution in [3.05, 3.63) is 105 Å². The van der Waals surface area contributed by atoms with Crippen LogP contribution in [-0.4, -0.2) is 28.2 Å². The molecule has 0 bridgehead atoms. The van der Waals surface area contributed by atoms with Gasteiger partial charge in [-0.15, -0.1) is 0 Å². The summed E-state index contributed by atoms with van der Waals surface area (Å²) in [6.45, 7) is 5.94. The van der Waals surface area contributed by atoms with Crippen molar-refractivity contribution in [2.75, 3.05) is 0 Å². The highest BCUT2D eigenvalue weighted by Gasteiger charge is 2.41. The Morgan fingerprint density at radius 1 is 1.15 bits per heavy atom. The molecule has 2 aliphatic heterocycles. The third-order valence-corrected chi connectivity index (χ3v) is 8.13. The van der Waals surface area contributed by atoms with Crippen LogP contribution >= 0.6 is 23.2 Å². The Balaban J connectivity index is 1.21. The van der Waals surface area contributed by atoms with Gasteiger partial charge in [0.05, 0.1) is 26.9 Å².